The zero-order chi connectivity index (χ0) is 13.8. The minimum atomic E-state index is -1.01. The summed E-state index contributed by atoms with van der Waals surface area (Å²) in [5.74, 6) is -0.540. The van der Waals surface area contributed by atoms with Crippen molar-refractivity contribution in [1.29, 1.82) is 0 Å². The van der Waals surface area contributed by atoms with Gasteiger partial charge in [-0.3, -0.25) is 0 Å². The predicted octanol–water partition coefficient (Wildman–Crippen LogP) is 3.19. The zero-order valence-corrected chi connectivity index (χ0v) is 10.8. The number of benzene rings is 1. The number of carboxylic acids is 1. The number of methoxy groups -OCH3 is 1. The average molecular weight is 279 g/mol. The number of hydrogen-bond acceptors (Lipinski definition) is 4. The van der Waals surface area contributed by atoms with Crippen LogP contribution in [-0.4, -0.2) is 23.2 Å². The number of ether oxygens (including phenoxy) is 1. The highest BCUT2D eigenvalue weighted by Crippen LogP contribution is 2.27. The smallest absolute Gasteiger partial charge is 0.335 e. The molecule has 0 saturated carbocycles. The zero-order valence-electron chi connectivity index (χ0n) is 10.1. The molecule has 0 spiro atoms. The van der Waals surface area contributed by atoms with Crippen LogP contribution in [-0.2, 0) is 0 Å². The van der Waals surface area contributed by atoms with E-state index >= 15 is 0 Å². The molecule has 0 saturated heterocycles. The van der Waals surface area contributed by atoms with Crippen molar-refractivity contribution in [3.8, 4) is 5.88 Å². The van der Waals surface area contributed by atoms with Crippen molar-refractivity contribution >= 4 is 28.9 Å². The number of nitrogens with zero attached hydrogens (tertiary/aromatic N) is 1. The van der Waals surface area contributed by atoms with E-state index in [0.717, 1.165) is 5.69 Å². The quantitative estimate of drug-likeness (QED) is 0.899. The van der Waals surface area contributed by atoms with Crippen LogP contribution in [0, 0.1) is 0 Å². The summed E-state index contributed by atoms with van der Waals surface area (Å²) in [6, 6.07) is 7.95. The van der Waals surface area contributed by atoms with Gasteiger partial charge in [-0.05, 0) is 24.3 Å². The van der Waals surface area contributed by atoms with Crippen LogP contribution in [0.1, 0.15) is 10.4 Å². The summed E-state index contributed by atoms with van der Waals surface area (Å²) in [6.07, 6.45) is 1.60. The molecule has 98 valence electrons. The normalized spacial score (nSPS) is 10.0. The Morgan fingerprint density at radius 3 is 2.79 bits per heavy atom. The van der Waals surface area contributed by atoms with Gasteiger partial charge in [0, 0.05) is 18.0 Å². The summed E-state index contributed by atoms with van der Waals surface area (Å²) < 4.78 is 5.01. The minimum absolute atomic E-state index is 0.142. The van der Waals surface area contributed by atoms with Crippen molar-refractivity contribution < 1.29 is 14.6 Å². The maximum absolute atomic E-state index is 10.8. The molecule has 6 heteroatoms. The molecule has 0 fully saturated rings. The van der Waals surface area contributed by atoms with Crippen LogP contribution < -0.4 is 10.1 Å². The van der Waals surface area contributed by atoms with Crippen LogP contribution in [0.3, 0.4) is 0 Å². The molecule has 1 heterocycles. The van der Waals surface area contributed by atoms with Gasteiger partial charge in [0.25, 0.3) is 0 Å². The van der Waals surface area contributed by atoms with Gasteiger partial charge >= 0.3 is 5.97 Å². The molecule has 2 N–H and O–H groups in total. The fourth-order valence-corrected chi connectivity index (χ4v) is 1.73. The first kappa shape index (κ1) is 13.2. The Labute approximate surface area is 114 Å². The van der Waals surface area contributed by atoms with Crippen LogP contribution in [0.4, 0.5) is 11.4 Å². The molecule has 5 nitrogen and oxygen atoms in total. The topological polar surface area (TPSA) is 71.5 Å². The Kier molecular flexibility index (Phi) is 3.87. The van der Waals surface area contributed by atoms with Crippen molar-refractivity contribution in [2.45, 2.75) is 0 Å². The number of carboxylic acid groups (broad SMARTS) is 1. The maximum Gasteiger partial charge on any atom is 0.335 e. The molecule has 2 aromatic rings. The number of hydrogen-bond donors (Lipinski definition) is 2. The lowest BCUT2D eigenvalue weighted by Gasteiger charge is -2.09. The molecule has 1 aromatic heterocycles. The van der Waals surface area contributed by atoms with E-state index in [9.17, 15) is 4.79 Å². The number of carbonyl (C=O) groups is 1. The van der Waals surface area contributed by atoms with Crippen LogP contribution in [0.2, 0.25) is 5.02 Å². The fraction of sp³-hybridized carbons (Fsp3) is 0.0769. The molecule has 0 bridgehead atoms. The highest BCUT2D eigenvalue weighted by Gasteiger charge is 2.07. The Balaban J connectivity index is 2.25. The average Bonchev–Trinajstić information content (AvgIpc) is 2.41. The molecule has 0 atom stereocenters. The number of pyridine rings is 1. The Hall–Kier alpha value is -2.27. The van der Waals surface area contributed by atoms with E-state index in [4.69, 9.17) is 21.4 Å². The summed E-state index contributed by atoms with van der Waals surface area (Å²) in [4.78, 5) is 14.8. The number of anilines is 2. The third kappa shape index (κ3) is 3.14. The monoisotopic (exact) mass is 278 g/mol. The standard InChI is InChI=1S/C13H11ClN2O3/c1-19-12-7-9(4-5-15-12)16-11-3-2-8(13(17)18)6-10(11)14/h2-7H,1H3,(H,15,16)(H,17,18). The van der Waals surface area contributed by atoms with E-state index in [1.807, 2.05) is 0 Å². The summed E-state index contributed by atoms with van der Waals surface area (Å²) in [5, 5.41) is 12.3. The lowest BCUT2D eigenvalue weighted by Crippen LogP contribution is -1.98. The molecule has 0 unspecified atom stereocenters. The van der Waals surface area contributed by atoms with Crippen molar-refractivity contribution in [2.75, 3.05) is 12.4 Å². The van der Waals surface area contributed by atoms with Gasteiger partial charge in [-0.1, -0.05) is 11.6 Å². The Bertz CT molecular complexity index is 617. The van der Waals surface area contributed by atoms with Crippen LogP contribution in [0.15, 0.2) is 36.5 Å². The van der Waals surface area contributed by atoms with E-state index in [0.29, 0.717) is 16.6 Å². The highest BCUT2D eigenvalue weighted by atomic mass is 35.5. The second-order valence-corrected chi connectivity index (χ2v) is 4.12. The molecule has 19 heavy (non-hydrogen) atoms. The Morgan fingerprint density at radius 2 is 2.16 bits per heavy atom. The van der Waals surface area contributed by atoms with E-state index in [1.165, 1.54) is 19.2 Å². The number of nitrogens with one attached hydrogen (secondary N) is 1. The molecular formula is C13H11ClN2O3. The fourth-order valence-electron chi connectivity index (χ4n) is 1.50. The second-order valence-electron chi connectivity index (χ2n) is 3.71. The summed E-state index contributed by atoms with van der Waals surface area (Å²) in [5.41, 5.74) is 1.50. The lowest BCUT2D eigenvalue weighted by molar-refractivity contribution is 0.0697. The largest absolute Gasteiger partial charge is 0.481 e. The molecule has 0 amide bonds. The van der Waals surface area contributed by atoms with Crippen molar-refractivity contribution in [1.82, 2.24) is 4.98 Å². The van der Waals surface area contributed by atoms with Crippen molar-refractivity contribution in [2.24, 2.45) is 0 Å². The summed E-state index contributed by atoms with van der Waals surface area (Å²) >= 11 is 6.02. The van der Waals surface area contributed by atoms with Crippen LogP contribution in [0.5, 0.6) is 5.88 Å². The second kappa shape index (κ2) is 5.58. The van der Waals surface area contributed by atoms with Crippen LogP contribution in [0.25, 0.3) is 0 Å². The van der Waals surface area contributed by atoms with Gasteiger partial charge in [-0.25, -0.2) is 9.78 Å². The summed E-state index contributed by atoms with van der Waals surface area (Å²) in [6.45, 7) is 0. The van der Waals surface area contributed by atoms with E-state index in [-0.39, 0.29) is 5.56 Å². The molecule has 0 radical (unpaired) electrons. The molecule has 2 rings (SSSR count). The molecule has 0 aliphatic carbocycles. The van der Waals surface area contributed by atoms with E-state index in [2.05, 4.69) is 10.3 Å². The van der Waals surface area contributed by atoms with Gasteiger partial charge in [0.15, 0.2) is 0 Å². The lowest BCUT2D eigenvalue weighted by atomic mass is 10.2. The summed E-state index contributed by atoms with van der Waals surface area (Å²) in [7, 11) is 1.53. The van der Waals surface area contributed by atoms with Gasteiger partial charge in [-0.2, -0.15) is 0 Å². The van der Waals surface area contributed by atoms with Crippen molar-refractivity contribution in [3.63, 3.8) is 0 Å². The number of aromatic nitrogens is 1. The van der Waals surface area contributed by atoms with Gasteiger partial charge in [0.2, 0.25) is 5.88 Å². The molecule has 1 aromatic carbocycles. The first-order valence-electron chi connectivity index (χ1n) is 5.40. The molecule has 0 aliphatic rings. The van der Waals surface area contributed by atoms with Gasteiger partial charge in [0.1, 0.15) is 0 Å². The number of aromatic carboxylic acids is 1. The third-order valence-electron chi connectivity index (χ3n) is 2.44. The first-order chi connectivity index (χ1) is 9.10. The maximum atomic E-state index is 10.8. The van der Waals surface area contributed by atoms with Gasteiger partial charge < -0.3 is 15.2 Å². The SMILES string of the molecule is COc1cc(Nc2ccc(C(=O)O)cc2Cl)ccn1. The predicted molar refractivity (Wildman–Crippen MR) is 72.5 cm³/mol. The third-order valence-corrected chi connectivity index (χ3v) is 2.75. The van der Waals surface area contributed by atoms with Crippen molar-refractivity contribution in [3.05, 3.63) is 47.1 Å². The minimum Gasteiger partial charge on any atom is -0.481 e. The molecular weight excluding hydrogens is 268 g/mol. The molecule has 0 aliphatic heterocycles. The van der Waals surface area contributed by atoms with E-state index in [1.54, 1.807) is 24.4 Å². The van der Waals surface area contributed by atoms with Gasteiger partial charge in [-0.15, -0.1) is 0 Å². The number of rotatable bonds is 4. The first-order valence-corrected chi connectivity index (χ1v) is 5.78. The van der Waals surface area contributed by atoms with Gasteiger partial charge in [0.05, 0.1) is 23.4 Å². The van der Waals surface area contributed by atoms with Crippen LogP contribution >= 0.6 is 11.6 Å². The van der Waals surface area contributed by atoms with E-state index < -0.39 is 5.97 Å². The highest BCUT2D eigenvalue weighted by molar-refractivity contribution is 6.33. The number of halogens is 1. The Morgan fingerprint density at radius 1 is 1.37 bits per heavy atom.